The SMILES string of the molecule is O=C(O)C1(NCc2cncc(Br)c2)CCC1. The Morgan fingerprint density at radius 3 is 2.81 bits per heavy atom. The zero-order chi connectivity index (χ0) is 11.6. The summed E-state index contributed by atoms with van der Waals surface area (Å²) in [6.07, 6.45) is 5.86. The molecule has 1 fully saturated rings. The second kappa shape index (κ2) is 4.51. The first-order valence-corrected chi connectivity index (χ1v) is 6.00. The van der Waals surface area contributed by atoms with Gasteiger partial charge in [0.25, 0.3) is 0 Å². The summed E-state index contributed by atoms with van der Waals surface area (Å²) in [6, 6.07) is 1.94. The third-order valence-corrected chi connectivity index (χ3v) is 3.44. The number of hydrogen-bond acceptors (Lipinski definition) is 3. The van der Waals surface area contributed by atoms with E-state index < -0.39 is 11.5 Å². The van der Waals surface area contributed by atoms with Crippen molar-refractivity contribution in [3.8, 4) is 0 Å². The second-order valence-electron chi connectivity index (χ2n) is 4.11. The van der Waals surface area contributed by atoms with Gasteiger partial charge in [-0.05, 0) is 46.8 Å². The summed E-state index contributed by atoms with van der Waals surface area (Å²) < 4.78 is 0.907. The molecule has 5 heteroatoms. The van der Waals surface area contributed by atoms with E-state index in [1.54, 1.807) is 12.4 Å². The van der Waals surface area contributed by atoms with Crippen molar-refractivity contribution in [2.24, 2.45) is 0 Å². The van der Waals surface area contributed by atoms with Crippen molar-refractivity contribution in [2.45, 2.75) is 31.3 Å². The van der Waals surface area contributed by atoms with E-state index in [9.17, 15) is 4.79 Å². The van der Waals surface area contributed by atoms with Gasteiger partial charge in [0.2, 0.25) is 0 Å². The fraction of sp³-hybridized carbons (Fsp3) is 0.455. The first-order valence-electron chi connectivity index (χ1n) is 5.20. The van der Waals surface area contributed by atoms with Crippen molar-refractivity contribution in [1.29, 1.82) is 0 Å². The standard InChI is InChI=1S/C11H13BrN2O2/c12-9-4-8(5-13-7-9)6-14-11(10(15)16)2-1-3-11/h4-5,7,14H,1-3,6H2,(H,15,16). The molecule has 16 heavy (non-hydrogen) atoms. The minimum Gasteiger partial charge on any atom is -0.480 e. The Morgan fingerprint density at radius 2 is 2.31 bits per heavy atom. The topological polar surface area (TPSA) is 62.2 Å². The van der Waals surface area contributed by atoms with Crippen molar-refractivity contribution >= 4 is 21.9 Å². The van der Waals surface area contributed by atoms with Crippen molar-refractivity contribution in [3.05, 3.63) is 28.5 Å². The molecular formula is C11H13BrN2O2. The van der Waals surface area contributed by atoms with Crippen LogP contribution in [0.2, 0.25) is 0 Å². The van der Waals surface area contributed by atoms with Crippen LogP contribution in [-0.4, -0.2) is 21.6 Å². The number of carbonyl (C=O) groups is 1. The van der Waals surface area contributed by atoms with Crippen LogP contribution in [0.5, 0.6) is 0 Å². The molecule has 1 saturated carbocycles. The van der Waals surface area contributed by atoms with Crippen molar-refractivity contribution in [1.82, 2.24) is 10.3 Å². The molecule has 0 saturated heterocycles. The van der Waals surface area contributed by atoms with Crippen LogP contribution in [0.25, 0.3) is 0 Å². The molecular weight excluding hydrogens is 272 g/mol. The predicted octanol–water partition coefficient (Wildman–Crippen LogP) is 1.94. The van der Waals surface area contributed by atoms with Gasteiger partial charge in [0.1, 0.15) is 5.54 Å². The van der Waals surface area contributed by atoms with Crippen LogP contribution in [0.3, 0.4) is 0 Å². The normalized spacial score (nSPS) is 17.8. The number of nitrogens with one attached hydrogen (secondary N) is 1. The lowest BCUT2D eigenvalue weighted by atomic mass is 9.76. The average Bonchev–Trinajstić information content (AvgIpc) is 2.15. The molecule has 4 nitrogen and oxygen atoms in total. The summed E-state index contributed by atoms with van der Waals surface area (Å²) in [5.74, 6) is -0.748. The van der Waals surface area contributed by atoms with Gasteiger partial charge in [0.05, 0.1) is 0 Å². The Hall–Kier alpha value is -0.940. The summed E-state index contributed by atoms with van der Waals surface area (Å²) in [6.45, 7) is 0.540. The monoisotopic (exact) mass is 284 g/mol. The van der Waals surface area contributed by atoms with E-state index >= 15 is 0 Å². The maximum absolute atomic E-state index is 11.1. The molecule has 2 rings (SSSR count). The van der Waals surface area contributed by atoms with Gasteiger partial charge in [-0.3, -0.25) is 15.1 Å². The first-order chi connectivity index (χ1) is 7.62. The van der Waals surface area contributed by atoms with Crippen molar-refractivity contribution < 1.29 is 9.90 Å². The first kappa shape index (κ1) is 11.5. The molecule has 1 aromatic rings. The highest BCUT2D eigenvalue weighted by Crippen LogP contribution is 2.32. The number of nitrogens with zero attached hydrogens (tertiary/aromatic N) is 1. The highest BCUT2D eigenvalue weighted by Gasteiger charge is 2.43. The Bertz CT molecular complexity index is 405. The van der Waals surface area contributed by atoms with Crippen LogP contribution in [0, 0.1) is 0 Å². The molecule has 0 unspecified atom stereocenters. The fourth-order valence-electron chi connectivity index (χ4n) is 1.82. The molecule has 2 N–H and O–H groups in total. The minimum absolute atomic E-state index is 0.540. The lowest BCUT2D eigenvalue weighted by Gasteiger charge is -2.38. The summed E-state index contributed by atoms with van der Waals surface area (Å²) >= 11 is 3.34. The summed E-state index contributed by atoms with van der Waals surface area (Å²) in [7, 11) is 0. The quantitative estimate of drug-likeness (QED) is 0.887. The molecule has 1 aliphatic carbocycles. The van der Waals surface area contributed by atoms with Crippen LogP contribution in [0.4, 0.5) is 0 Å². The zero-order valence-electron chi connectivity index (χ0n) is 8.74. The van der Waals surface area contributed by atoms with Gasteiger partial charge in [0, 0.05) is 23.4 Å². The minimum atomic E-state index is -0.748. The van der Waals surface area contributed by atoms with Crippen LogP contribution >= 0.6 is 15.9 Å². The Labute approximate surface area is 102 Å². The van der Waals surface area contributed by atoms with Crippen molar-refractivity contribution in [3.63, 3.8) is 0 Å². The van der Waals surface area contributed by atoms with E-state index in [0.29, 0.717) is 19.4 Å². The maximum atomic E-state index is 11.1. The number of halogens is 1. The molecule has 86 valence electrons. The van der Waals surface area contributed by atoms with E-state index in [-0.39, 0.29) is 0 Å². The largest absolute Gasteiger partial charge is 0.480 e. The van der Waals surface area contributed by atoms with Crippen LogP contribution in [-0.2, 0) is 11.3 Å². The highest BCUT2D eigenvalue weighted by atomic mass is 79.9. The highest BCUT2D eigenvalue weighted by molar-refractivity contribution is 9.10. The molecule has 0 aliphatic heterocycles. The molecule has 0 atom stereocenters. The molecule has 1 aromatic heterocycles. The number of pyridine rings is 1. The maximum Gasteiger partial charge on any atom is 0.323 e. The van der Waals surface area contributed by atoms with Crippen LogP contribution in [0.15, 0.2) is 22.9 Å². The van der Waals surface area contributed by atoms with Crippen LogP contribution < -0.4 is 5.32 Å². The number of aromatic nitrogens is 1. The third kappa shape index (κ3) is 2.25. The van der Waals surface area contributed by atoms with E-state index in [1.807, 2.05) is 6.07 Å². The van der Waals surface area contributed by atoms with Gasteiger partial charge >= 0.3 is 5.97 Å². The molecule has 0 spiro atoms. The third-order valence-electron chi connectivity index (χ3n) is 3.01. The van der Waals surface area contributed by atoms with Gasteiger partial charge in [0.15, 0.2) is 0 Å². The van der Waals surface area contributed by atoms with Crippen molar-refractivity contribution in [2.75, 3.05) is 0 Å². The summed E-state index contributed by atoms with van der Waals surface area (Å²) in [4.78, 5) is 15.1. The Morgan fingerprint density at radius 1 is 1.56 bits per heavy atom. The van der Waals surface area contributed by atoms with Gasteiger partial charge in [-0.2, -0.15) is 0 Å². The molecule has 0 aromatic carbocycles. The zero-order valence-corrected chi connectivity index (χ0v) is 10.3. The molecule has 0 radical (unpaired) electrons. The number of aliphatic carboxylic acids is 1. The van der Waals surface area contributed by atoms with Gasteiger partial charge in [-0.1, -0.05) is 0 Å². The van der Waals surface area contributed by atoms with Gasteiger partial charge in [-0.15, -0.1) is 0 Å². The van der Waals surface area contributed by atoms with E-state index in [1.165, 1.54) is 0 Å². The number of carboxylic acids is 1. The van der Waals surface area contributed by atoms with E-state index in [0.717, 1.165) is 16.5 Å². The second-order valence-corrected chi connectivity index (χ2v) is 5.02. The molecule has 0 amide bonds. The molecule has 1 heterocycles. The van der Waals surface area contributed by atoms with E-state index in [2.05, 4.69) is 26.2 Å². The average molecular weight is 285 g/mol. The lowest BCUT2D eigenvalue weighted by Crippen LogP contribution is -2.56. The predicted molar refractivity (Wildman–Crippen MR) is 63.0 cm³/mol. The van der Waals surface area contributed by atoms with Gasteiger partial charge < -0.3 is 5.11 Å². The number of rotatable bonds is 4. The number of hydrogen-bond donors (Lipinski definition) is 2. The summed E-state index contributed by atoms with van der Waals surface area (Å²) in [5, 5.41) is 12.2. The number of carboxylic acid groups (broad SMARTS) is 1. The smallest absolute Gasteiger partial charge is 0.323 e. The van der Waals surface area contributed by atoms with E-state index in [4.69, 9.17) is 5.11 Å². The Kier molecular flexibility index (Phi) is 3.25. The van der Waals surface area contributed by atoms with Gasteiger partial charge in [-0.25, -0.2) is 0 Å². The lowest BCUT2D eigenvalue weighted by molar-refractivity contribution is -0.148. The molecule has 1 aliphatic rings. The van der Waals surface area contributed by atoms with Crippen LogP contribution in [0.1, 0.15) is 24.8 Å². The molecule has 0 bridgehead atoms. The Balaban J connectivity index is 1.99. The summed E-state index contributed by atoms with van der Waals surface area (Å²) in [5.41, 5.74) is 0.282. The fourth-order valence-corrected chi connectivity index (χ4v) is 2.23.